The largest absolute Gasteiger partial charge is 0.479 e. The summed E-state index contributed by atoms with van der Waals surface area (Å²) in [5.74, 6) is -5.32. The molecule has 2 fully saturated rings. The van der Waals surface area contributed by atoms with Gasteiger partial charge in [-0.1, -0.05) is 12.1 Å². The zero-order valence-corrected chi connectivity index (χ0v) is 40.1. The second-order valence-electron chi connectivity index (χ2n) is 17.2. The van der Waals surface area contributed by atoms with Gasteiger partial charge in [-0.2, -0.15) is 0 Å². The highest BCUT2D eigenvalue weighted by molar-refractivity contribution is 6.55. The van der Waals surface area contributed by atoms with E-state index in [1.807, 2.05) is 25.7 Å². The molecule has 2 aliphatic rings. The summed E-state index contributed by atoms with van der Waals surface area (Å²) in [6.45, 7) is 7.90. The molecular formula is C45H63B2N3O22. The average molecular weight is 1020 g/mol. The van der Waals surface area contributed by atoms with Crippen LogP contribution < -0.4 is 20.1 Å². The highest BCUT2D eigenvalue weighted by Gasteiger charge is 2.48. The van der Waals surface area contributed by atoms with E-state index in [9.17, 15) is 59.7 Å². The highest BCUT2D eigenvalue weighted by atomic mass is 16.7. The smallest absolute Gasteiger partial charge is 0.335 e. The maximum absolute atomic E-state index is 13.5. The molecule has 2 aromatic carbocycles. The Balaban J connectivity index is 1.29. The number of nitrogens with zero attached hydrogens (tertiary/aromatic N) is 1. The van der Waals surface area contributed by atoms with Gasteiger partial charge in [-0.15, -0.1) is 0 Å². The number of carbonyl (C=O) groups is 5. The Hall–Kier alpha value is -5.00. The van der Waals surface area contributed by atoms with Crippen LogP contribution in [0.4, 0.5) is 9.59 Å². The molecule has 9 N–H and O–H groups in total. The van der Waals surface area contributed by atoms with Crippen molar-refractivity contribution in [2.75, 3.05) is 85.6 Å². The van der Waals surface area contributed by atoms with Crippen LogP contribution in [-0.2, 0) is 55.9 Å². The first kappa shape index (κ1) is 59.6. The van der Waals surface area contributed by atoms with Crippen LogP contribution in [0.15, 0.2) is 36.4 Å². The molecule has 2 amide bonds. The van der Waals surface area contributed by atoms with Crippen LogP contribution in [0, 0.1) is 0 Å². The molecular weight excluding hydrogens is 956 g/mol. The van der Waals surface area contributed by atoms with Crippen molar-refractivity contribution in [3.8, 4) is 11.5 Å². The molecule has 0 unspecified atom stereocenters. The number of hydrogen-bond acceptors (Lipinski definition) is 22. The Morgan fingerprint density at radius 3 is 1.58 bits per heavy atom. The van der Waals surface area contributed by atoms with Crippen molar-refractivity contribution < 1.29 is 107 Å². The van der Waals surface area contributed by atoms with Crippen molar-refractivity contribution in [2.24, 2.45) is 0 Å². The molecule has 27 heteroatoms. The van der Waals surface area contributed by atoms with E-state index in [2.05, 4.69) is 10.6 Å². The summed E-state index contributed by atoms with van der Waals surface area (Å²) >= 11 is 0. The third-order valence-electron chi connectivity index (χ3n) is 10.6. The van der Waals surface area contributed by atoms with Gasteiger partial charge in [-0.25, -0.2) is 4.79 Å². The zero-order chi connectivity index (χ0) is 53.0. The molecule has 2 aromatic rings. The fourth-order valence-electron chi connectivity index (χ4n) is 6.78. The van der Waals surface area contributed by atoms with Gasteiger partial charge in [0, 0.05) is 32.7 Å². The van der Waals surface area contributed by atoms with Gasteiger partial charge < -0.3 is 93.7 Å². The van der Waals surface area contributed by atoms with Crippen LogP contribution in [0.3, 0.4) is 0 Å². The van der Waals surface area contributed by atoms with Crippen molar-refractivity contribution in [2.45, 2.75) is 94.9 Å². The molecule has 4 radical (unpaired) electrons. The second kappa shape index (κ2) is 29.6. The van der Waals surface area contributed by atoms with Gasteiger partial charge in [0.15, 0.2) is 6.10 Å². The number of benzene rings is 2. The molecule has 0 spiro atoms. The number of aliphatic carboxylic acids is 1. The first-order chi connectivity index (χ1) is 34.1. The van der Waals surface area contributed by atoms with Crippen LogP contribution in [-0.4, -0.2) is 232 Å². The quantitative estimate of drug-likeness (QED) is 0.0306. The lowest BCUT2D eigenvalue weighted by Gasteiger charge is -2.38. The van der Waals surface area contributed by atoms with Gasteiger partial charge >= 0.3 is 5.97 Å². The normalized spacial score (nSPS) is 23.2. The molecule has 396 valence electrons. The van der Waals surface area contributed by atoms with Crippen molar-refractivity contribution in [1.29, 1.82) is 0 Å². The van der Waals surface area contributed by atoms with Gasteiger partial charge in [0.25, 0.3) is 11.8 Å². The fraction of sp³-hybridized carbons (Fsp3) is 0.622. The number of hydrogen-bond donors (Lipinski definition) is 9. The van der Waals surface area contributed by atoms with E-state index in [1.54, 1.807) is 0 Å². The minimum atomic E-state index is -1.97. The summed E-state index contributed by atoms with van der Waals surface area (Å²) in [5.41, 5.74) is 0.183. The first-order valence-corrected chi connectivity index (χ1v) is 22.8. The van der Waals surface area contributed by atoms with Gasteiger partial charge in [0.05, 0.1) is 69.6 Å². The van der Waals surface area contributed by atoms with E-state index in [4.69, 9.17) is 63.1 Å². The summed E-state index contributed by atoms with van der Waals surface area (Å²) in [5, 5.41) is 75.9. The number of rotatable bonds is 29. The minimum Gasteiger partial charge on any atom is -0.479 e. The number of nitrogens with one attached hydrogen (secondary N) is 2. The molecule has 2 aliphatic heterocycles. The predicted octanol–water partition coefficient (Wildman–Crippen LogP) is -2.29. The maximum Gasteiger partial charge on any atom is 0.335 e. The van der Waals surface area contributed by atoms with E-state index in [0.29, 0.717) is 50.6 Å². The van der Waals surface area contributed by atoms with Crippen LogP contribution >= 0.6 is 0 Å². The van der Waals surface area contributed by atoms with Crippen LogP contribution in [0.25, 0.3) is 0 Å². The van der Waals surface area contributed by atoms with E-state index < -0.39 is 84.8 Å². The second-order valence-corrected chi connectivity index (χ2v) is 17.2. The fourth-order valence-corrected chi connectivity index (χ4v) is 6.78. The Kier molecular flexibility index (Phi) is 24.5. The lowest BCUT2D eigenvalue weighted by atomic mass is 9.99. The van der Waals surface area contributed by atoms with E-state index in [0.717, 1.165) is 0 Å². The van der Waals surface area contributed by atoms with Gasteiger partial charge in [-0.3, -0.25) is 24.1 Å². The molecule has 25 nitrogen and oxygen atoms in total. The van der Waals surface area contributed by atoms with Crippen LogP contribution in [0.1, 0.15) is 52.6 Å². The van der Waals surface area contributed by atoms with Crippen molar-refractivity contribution in [1.82, 2.24) is 15.5 Å². The van der Waals surface area contributed by atoms with Gasteiger partial charge in [-0.05, 0) is 56.2 Å². The molecule has 4 rings (SSSR count). The number of amides is 2. The zero-order valence-electron chi connectivity index (χ0n) is 40.1. The molecule has 0 aliphatic carbocycles. The standard InChI is InChI=1S/C45H63B2N3O22/c1-45(2,3)69-19-18-65-17-12-50(10-15-63-13-8-48-38(57)27-20-25(22-67-43(46)61)4-6-30(27)70-41-35(55)32(52)29(51)24-66-41)11-16-64-14-9-49-39(58)28-21-26(23-68-44(47)62)5-7-31(28)71-42-36(56)33(53)34(54)37(72-42)40(59)60/h4-7,20-21,29,32-37,41-42,51-56H,8-19,22-24H2,1-3H3,(H,48,57)(H,49,58)(H,59,60)/t29-,32+,33+,34+,35-,36-,37+,41+,42-/m1/s1. The summed E-state index contributed by atoms with van der Waals surface area (Å²) in [4.78, 5) is 62.9. The lowest BCUT2D eigenvalue weighted by molar-refractivity contribution is -0.271. The predicted molar refractivity (Wildman–Crippen MR) is 247 cm³/mol. The number of carboxylic acid groups (broad SMARTS) is 1. The Morgan fingerprint density at radius 2 is 1.11 bits per heavy atom. The highest BCUT2D eigenvalue weighted by Crippen LogP contribution is 2.29. The number of aliphatic hydroxyl groups is 6. The third kappa shape index (κ3) is 19.8. The molecule has 2 heterocycles. The number of carboxylic acids is 1. The summed E-state index contributed by atoms with van der Waals surface area (Å²) in [6.07, 6.45) is -15.6. The van der Waals surface area contributed by atoms with Crippen molar-refractivity contribution >= 4 is 45.2 Å². The van der Waals surface area contributed by atoms with Gasteiger partial charge in [0.1, 0.15) is 61.3 Å². The average Bonchev–Trinajstić information content (AvgIpc) is 3.33. The summed E-state index contributed by atoms with van der Waals surface area (Å²) in [6, 6.07) is 8.23. The van der Waals surface area contributed by atoms with Crippen molar-refractivity contribution in [3.63, 3.8) is 0 Å². The van der Waals surface area contributed by atoms with E-state index in [-0.39, 0.29) is 87.6 Å². The molecule has 2 saturated heterocycles. The summed E-state index contributed by atoms with van der Waals surface area (Å²) < 4.78 is 54.7. The maximum atomic E-state index is 13.5. The first-order valence-electron chi connectivity index (χ1n) is 22.8. The van der Waals surface area contributed by atoms with E-state index >= 15 is 0 Å². The molecule has 0 bridgehead atoms. The van der Waals surface area contributed by atoms with Gasteiger partial charge in [0.2, 0.25) is 40.0 Å². The topological polar surface area (TPSA) is 347 Å². The SMILES string of the molecule is [B]C(=O)OCc1ccc(O[C@@H]2O[C@H](C(=O)O)[C@@H](O)[C@H](O)[C@H]2O)c(C(=O)NCCOCCN(CCOCCNC(=O)c2cc(COC([B])=O)ccc2O[C@@H]2OC[C@@H](O)[C@H](O)[C@H]2O)CCOCCOC(C)(C)C)c1. The molecule has 0 saturated carbocycles. The lowest BCUT2D eigenvalue weighted by Crippen LogP contribution is -2.61. The Labute approximate surface area is 417 Å². The Morgan fingerprint density at radius 1 is 0.639 bits per heavy atom. The summed E-state index contributed by atoms with van der Waals surface area (Å²) in [7, 11) is 10.2. The molecule has 72 heavy (non-hydrogen) atoms. The number of aliphatic hydroxyl groups excluding tert-OH is 6. The third-order valence-corrected chi connectivity index (χ3v) is 10.6. The van der Waals surface area contributed by atoms with Crippen molar-refractivity contribution in [3.05, 3.63) is 58.7 Å². The van der Waals surface area contributed by atoms with E-state index in [1.165, 1.54) is 36.4 Å². The van der Waals surface area contributed by atoms with Crippen LogP contribution in [0.5, 0.6) is 11.5 Å². The number of ether oxygens (including phenoxy) is 10. The monoisotopic (exact) mass is 1020 g/mol. The van der Waals surface area contributed by atoms with Crippen LogP contribution in [0.2, 0.25) is 0 Å². The Bertz CT molecular complexity index is 2070. The molecule has 9 atom stereocenters. The molecule has 0 aromatic heterocycles. The number of carbonyl (C=O) groups excluding carboxylic acids is 4. The minimum absolute atomic E-state index is 0.0107.